The summed E-state index contributed by atoms with van der Waals surface area (Å²) in [5.74, 6) is 0.312. The Kier molecular flexibility index (Phi) is 9.52. The van der Waals surface area contributed by atoms with Crippen LogP contribution in [0.1, 0.15) is 93.1 Å². The number of carbonyl (C=O) groups is 2. The average molecular weight is 720 g/mol. The third-order valence-electron chi connectivity index (χ3n) is 12.3. The van der Waals surface area contributed by atoms with Crippen LogP contribution in [0.4, 0.5) is 0 Å². The van der Waals surface area contributed by atoms with Crippen molar-refractivity contribution < 1.29 is 27.5 Å². The molecule has 12 heteroatoms. The van der Waals surface area contributed by atoms with Crippen molar-refractivity contribution in [1.29, 1.82) is 0 Å². The number of rotatable bonds is 7. The fraction of sp³-hybridized carbons (Fsp3) is 0.590. The molecule has 4 aliphatic rings. The molecule has 2 amide bonds. The number of nitrogens with one attached hydrogen (secondary N) is 1. The van der Waals surface area contributed by atoms with Gasteiger partial charge >= 0.3 is 10.2 Å². The Labute approximate surface area is 302 Å². The summed E-state index contributed by atoms with van der Waals surface area (Å²) < 4.78 is 42.6. The van der Waals surface area contributed by atoms with Crippen LogP contribution in [-0.4, -0.2) is 105 Å². The second kappa shape index (κ2) is 13.5. The van der Waals surface area contributed by atoms with Gasteiger partial charge in [-0.1, -0.05) is 32.3 Å². The van der Waals surface area contributed by atoms with Gasteiger partial charge < -0.3 is 18.9 Å². The molecular formula is C39H53N5O6S. The highest BCUT2D eigenvalue weighted by Gasteiger charge is 2.52. The predicted molar refractivity (Wildman–Crippen MR) is 198 cm³/mol. The number of hydrogen-bond donors (Lipinski definition) is 1. The van der Waals surface area contributed by atoms with E-state index < -0.39 is 21.5 Å². The molecule has 3 fully saturated rings. The number of ether oxygens (including phenoxy) is 2. The summed E-state index contributed by atoms with van der Waals surface area (Å²) in [6.45, 7) is 11.7. The average Bonchev–Trinajstić information content (AvgIpc) is 3.37. The van der Waals surface area contributed by atoms with Gasteiger partial charge in [-0.2, -0.15) is 12.7 Å². The van der Waals surface area contributed by atoms with Gasteiger partial charge in [-0.3, -0.25) is 14.5 Å². The molecule has 276 valence electrons. The normalized spacial score (nSPS) is 25.8. The van der Waals surface area contributed by atoms with Crippen LogP contribution in [0, 0.1) is 5.41 Å². The smallest absolute Gasteiger partial charge is 0.303 e. The summed E-state index contributed by atoms with van der Waals surface area (Å²) in [4.78, 5) is 33.5. The molecular weight excluding hydrogens is 667 g/mol. The lowest BCUT2D eigenvalue weighted by molar-refractivity contribution is -0.168. The van der Waals surface area contributed by atoms with Gasteiger partial charge in [0.15, 0.2) is 0 Å². The molecule has 3 aromatic rings. The van der Waals surface area contributed by atoms with Crippen LogP contribution >= 0.6 is 0 Å². The Morgan fingerprint density at radius 1 is 1.02 bits per heavy atom. The topological polar surface area (TPSA) is 113 Å². The van der Waals surface area contributed by atoms with Gasteiger partial charge in [0.05, 0.1) is 43.5 Å². The van der Waals surface area contributed by atoms with E-state index in [1.54, 1.807) is 13.2 Å². The fourth-order valence-corrected chi connectivity index (χ4v) is 9.63. The molecule has 4 heterocycles. The minimum absolute atomic E-state index is 0.0444. The number of amides is 2. The summed E-state index contributed by atoms with van der Waals surface area (Å²) in [7, 11) is 0.452. The van der Waals surface area contributed by atoms with Crippen LogP contribution in [-0.2, 0) is 26.3 Å². The van der Waals surface area contributed by atoms with E-state index in [-0.39, 0.29) is 29.5 Å². The zero-order valence-corrected chi connectivity index (χ0v) is 31.9. The second-order valence-electron chi connectivity index (χ2n) is 15.8. The van der Waals surface area contributed by atoms with Gasteiger partial charge in [-0.05, 0) is 86.9 Å². The summed E-state index contributed by atoms with van der Waals surface area (Å²) in [6, 6.07) is 12.1. The Morgan fingerprint density at radius 3 is 2.33 bits per heavy atom. The van der Waals surface area contributed by atoms with Crippen LogP contribution in [0.5, 0.6) is 5.75 Å². The highest BCUT2D eigenvalue weighted by Crippen LogP contribution is 2.53. The number of nitrogens with zero attached hydrogens (tertiary/aromatic N) is 4. The first-order valence-corrected chi connectivity index (χ1v) is 19.9. The van der Waals surface area contributed by atoms with Crippen molar-refractivity contribution in [1.82, 2.24) is 23.4 Å². The van der Waals surface area contributed by atoms with Crippen LogP contribution in [0.25, 0.3) is 22.2 Å². The summed E-state index contributed by atoms with van der Waals surface area (Å²) in [5.41, 5.74) is 4.70. The monoisotopic (exact) mass is 719 g/mol. The molecule has 2 aromatic carbocycles. The molecule has 51 heavy (non-hydrogen) atoms. The standard InChI is InChI=1S/C39H53N5O6S/c1-24(2)42-19-28-21-50-22-29(20-42)44(28)38(46)39(4)23-43-34-17-27(37(45)40-51(47,48)41(5)6)13-15-32(34)35(26-11-9-8-10-12-26)36(43)31-16-14-30(49-7)18-33(31)25(39)3/h13-18,24-26,28-29H,8-12,19-23H2,1-7H3,(H,40,45). The molecule has 7 rings (SSSR count). The van der Waals surface area contributed by atoms with Crippen LogP contribution in [0.3, 0.4) is 0 Å². The number of methoxy groups -OCH3 is 1. The number of morpholine rings is 1. The van der Waals surface area contributed by atoms with Gasteiger partial charge in [-0.15, -0.1) is 0 Å². The molecule has 4 unspecified atom stereocenters. The minimum Gasteiger partial charge on any atom is -0.497 e. The zero-order valence-electron chi connectivity index (χ0n) is 31.1. The molecule has 0 spiro atoms. The van der Waals surface area contributed by atoms with E-state index in [9.17, 15) is 13.2 Å². The molecule has 1 aliphatic carbocycles. The summed E-state index contributed by atoms with van der Waals surface area (Å²) >= 11 is 0. The van der Waals surface area contributed by atoms with E-state index >= 15 is 4.79 Å². The first-order chi connectivity index (χ1) is 24.2. The van der Waals surface area contributed by atoms with Crippen molar-refractivity contribution in [3.05, 3.63) is 53.1 Å². The molecule has 3 aliphatic heterocycles. The highest BCUT2D eigenvalue weighted by molar-refractivity contribution is 7.87. The van der Waals surface area contributed by atoms with Crippen molar-refractivity contribution in [3.63, 3.8) is 0 Å². The Hall–Kier alpha value is -3.45. The van der Waals surface area contributed by atoms with Gasteiger partial charge in [0.2, 0.25) is 5.91 Å². The maximum atomic E-state index is 15.4. The van der Waals surface area contributed by atoms with Crippen LogP contribution in [0.15, 0.2) is 36.4 Å². The summed E-state index contributed by atoms with van der Waals surface area (Å²) in [5, 5.41) is 1.05. The lowest BCUT2D eigenvalue weighted by Crippen LogP contribution is -2.69. The maximum absolute atomic E-state index is 15.4. The Bertz CT molecular complexity index is 1940. The summed E-state index contributed by atoms with van der Waals surface area (Å²) in [6.07, 6.45) is 5.64. The predicted octanol–water partition coefficient (Wildman–Crippen LogP) is 5.34. The molecule has 11 nitrogen and oxygen atoms in total. The van der Waals surface area contributed by atoms with Crippen molar-refractivity contribution in [3.8, 4) is 17.0 Å². The van der Waals surface area contributed by atoms with E-state index in [2.05, 4.69) is 58.9 Å². The third-order valence-corrected chi connectivity index (χ3v) is 13.7. The number of aromatic nitrogens is 1. The Morgan fingerprint density at radius 2 is 1.71 bits per heavy atom. The quantitative estimate of drug-likeness (QED) is 0.351. The molecule has 0 radical (unpaired) electrons. The van der Waals surface area contributed by atoms with Gasteiger partial charge in [0, 0.05) is 61.8 Å². The van der Waals surface area contributed by atoms with Gasteiger partial charge in [0.25, 0.3) is 5.91 Å². The van der Waals surface area contributed by atoms with E-state index in [4.69, 9.17) is 9.47 Å². The van der Waals surface area contributed by atoms with E-state index in [0.717, 1.165) is 76.6 Å². The van der Waals surface area contributed by atoms with Gasteiger partial charge in [-0.25, -0.2) is 4.72 Å². The van der Waals surface area contributed by atoms with E-state index in [1.807, 2.05) is 18.2 Å². The SMILES string of the molecule is COc1ccc2c(c1)C(C)C(C)(C(=O)N1C3COCC1CN(C(C)C)C3)Cn1c-2c(C2CCCCC2)c2ccc(C(=O)NS(=O)(=O)N(C)C)cc21. The number of benzene rings is 2. The highest BCUT2D eigenvalue weighted by atomic mass is 32.2. The fourth-order valence-electron chi connectivity index (χ4n) is 9.09. The van der Waals surface area contributed by atoms with Crippen LogP contribution < -0.4 is 9.46 Å². The lowest BCUT2D eigenvalue weighted by atomic mass is 9.71. The van der Waals surface area contributed by atoms with Crippen molar-refractivity contribution in [2.75, 3.05) is 47.5 Å². The minimum atomic E-state index is -4.00. The zero-order chi connectivity index (χ0) is 36.4. The number of hydrogen-bond acceptors (Lipinski definition) is 7. The largest absolute Gasteiger partial charge is 0.497 e. The van der Waals surface area contributed by atoms with E-state index in [1.165, 1.54) is 26.1 Å². The third kappa shape index (κ3) is 6.15. The maximum Gasteiger partial charge on any atom is 0.303 e. The molecule has 1 aromatic heterocycles. The number of fused-ring (bicyclic) bond motifs is 7. The first kappa shape index (κ1) is 35.9. The second-order valence-corrected chi connectivity index (χ2v) is 17.7. The molecule has 4 atom stereocenters. The number of carbonyl (C=O) groups excluding carboxylic acids is 2. The molecule has 2 bridgehead atoms. The number of piperazine rings is 1. The Balaban J connectivity index is 1.43. The van der Waals surface area contributed by atoms with Crippen molar-refractivity contribution >= 4 is 32.9 Å². The van der Waals surface area contributed by atoms with Crippen molar-refractivity contribution in [2.45, 2.75) is 96.3 Å². The molecule has 2 saturated heterocycles. The van der Waals surface area contributed by atoms with Crippen molar-refractivity contribution in [2.24, 2.45) is 5.41 Å². The van der Waals surface area contributed by atoms with Gasteiger partial charge in [0.1, 0.15) is 5.75 Å². The van der Waals surface area contributed by atoms with E-state index in [0.29, 0.717) is 31.7 Å². The van der Waals surface area contributed by atoms with Crippen LogP contribution in [0.2, 0.25) is 0 Å². The lowest BCUT2D eigenvalue weighted by Gasteiger charge is -2.53. The first-order valence-electron chi connectivity index (χ1n) is 18.5. The molecule has 1 saturated carbocycles. The molecule has 1 N–H and O–H groups in total.